The predicted octanol–water partition coefficient (Wildman–Crippen LogP) is -0.352. The van der Waals surface area contributed by atoms with Crippen LogP contribution < -0.4 is 5.73 Å². The van der Waals surface area contributed by atoms with Gasteiger partial charge in [0.1, 0.15) is 6.61 Å². The van der Waals surface area contributed by atoms with E-state index in [1.165, 1.54) is 0 Å². The lowest BCUT2D eigenvalue weighted by molar-refractivity contribution is -0.157. The second-order valence-corrected chi connectivity index (χ2v) is 4.49. The van der Waals surface area contributed by atoms with Crippen molar-refractivity contribution in [3.63, 3.8) is 0 Å². The molecule has 5 nitrogen and oxygen atoms in total. The van der Waals surface area contributed by atoms with Crippen LogP contribution in [0, 0.1) is 5.41 Å². The van der Waals surface area contributed by atoms with Crippen molar-refractivity contribution >= 4 is 5.97 Å². The van der Waals surface area contributed by atoms with Gasteiger partial charge in [0.25, 0.3) is 0 Å². The van der Waals surface area contributed by atoms with E-state index in [4.69, 9.17) is 20.7 Å². The van der Waals surface area contributed by atoms with Crippen LogP contribution in [0.4, 0.5) is 0 Å². The van der Waals surface area contributed by atoms with Gasteiger partial charge in [-0.15, -0.1) is 0 Å². The number of aliphatic hydroxyl groups excluding tert-OH is 2. The van der Waals surface area contributed by atoms with Crippen molar-refractivity contribution in [2.24, 2.45) is 11.1 Å². The largest absolute Gasteiger partial charge is 0.463 e. The number of hydrogen-bond donors (Lipinski definition) is 3. The lowest BCUT2D eigenvalue weighted by Gasteiger charge is -2.27. The molecule has 0 fully saturated rings. The van der Waals surface area contributed by atoms with Crippen LogP contribution in [0.15, 0.2) is 0 Å². The van der Waals surface area contributed by atoms with Crippen LogP contribution in [0.5, 0.6) is 0 Å². The molecule has 0 atom stereocenters. The Morgan fingerprint density at radius 1 is 1.33 bits per heavy atom. The van der Waals surface area contributed by atoms with E-state index in [-0.39, 0.29) is 12.6 Å². The zero-order valence-corrected chi connectivity index (χ0v) is 9.62. The van der Waals surface area contributed by atoms with E-state index in [1.807, 2.05) is 6.92 Å². The van der Waals surface area contributed by atoms with Gasteiger partial charge in [-0.2, -0.15) is 0 Å². The van der Waals surface area contributed by atoms with Crippen LogP contribution in [-0.2, 0) is 9.53 Å². The van der Waals surface area contributed by atoms with Gasteiger partial charge in [0, 0.05) is 0 Å². The minimum Gasteiger partial charge on any atom is -0.463 e. The number of rotatable bonds is 6. The molecule has 0 bridgehead atoms. The lowest BCUT2D eigenvalue weighted by Crippen LogP contribution is -2.52. The molecule has 0 aromatic heterocycles. The first-order valence-electron chi connectivity index (χ1n) is 4.99. The number of ether oxygens (including phenoxy) is 1. The second kappa shape index (κ2) is 5.44. The normalized spacial score (nSPS) is 12.7. The third kappa shape index (κ3) is 4.15. The number of carbonyl (C=O) groups is 1. The van der Waals surface area contributed by atoms with Crippen molar-refractivity contribution in [2.75, 3.05) is 19.8 Å². The molecular formula is C10H21NO4. The van der Waals surface area contributed by atoms with Gasteiger partial charge in [-0.3, -0.25) is 4.79 Å². The molecule has 0 spiro atoms. The van der Waals surface area contributed by atoms with E-state index in [0.29, 0.717) is 6.42 Å². The van der Waals surface area contributed by atoms with Gasteiger partial charge in [0.15, 0.2) is 0 Å². The van der Waals surface area contributed by atoms with E-state index < -0.39 is 24.2 Å². The summed E-state index contributed by atoms with van der Waals surface area (Å²) in [7, 11) is 0. The molecule has 4 N–H and O–H groups in total. The van der Waals surface area contributed by atoms with Crippen LogP contribution in [0.3, 0.4) is 0 Å². The van der Waals surface area contributed by atoms with Crippen molar-refractivity contribution in [1.29, 1.82) is 0 Å². The fraction of sp³-hybridized carbons (Fsp3) is 0.900. The van der Waals surface area contributed by atoms with Crippen LogP contribution in [0.2, 0.25) is 0 Å². The van der Waals surface area contributed by atoms with E-state index >= 15 is 0 Å². The maximum Gasteiger partial charge on any atom is 0.311 e. The molecule has 0 aliphatic rings. The monoisotopic (exact) mass is 219 g/mol. The van der Waals surface area contributed by atoms with Crippen LogP contribution in [-0.4, -0.2) is 41.5 Å². The number of carbonyl (C=O) groups excluding carboxylic acids is 1. The highest BCUT2D eigenvalue weighted by atomic mass is 16.5. The van der Waals surface area contributed by atoms with Crippen molar-refractivity contribution < 1.29 is 19.7 Å². The van der Waals surface area contributed by atoms with E-state index in [1.54, 1.807) is 13.8 Å². The summed E-state index contributed by atoms with van der Waals surface area (Å²) in [5.74, 6) is -0.373. The molecule has 0 radical (unpaired) electrons. The molecule has 0 saturated carbocycles. The highest BCUT2D eigenvalue weighted by Crippen LogP contribution is 2.21. The highest BCUT2D eigenvalue weighted by molar-refractivity contribution is 5.75. The minimum atomic E-state index is -1.25. The molecule has 0 saturated heterocycles. The summed E-state index contributed by atoms with van der Waals surface area (Å²) in [6, 6.07) is 0. The number of nitrogens with two attached hydrogens (primary N) is 1. The maximum absolute atomic E-state index is 11.5. The van der Waals surface area contributed by atoms with E-state index in [2.05, 4.69) is 0 Å². The molecule has 0 unspecified atom stereocenters. The summed E-state index contributed by atoms with van der Waals surface area (Å²) in [6.45, 7) is 4.39. The summed E-state index contributed by atoms with van der Waals surface area (Å²) < 4.78 is 4.96. The number of aliphatic hydroxyl groups is 2. The molecule has 90 valence electrons. The van der Waals surface area contributed by atoms with Crippen LogP contribution in [0.25, 0.3) is 0 Å². The topological polar surface area (TPSA) is 92.8 Å². The zero-order valence-electron chi connectivity index (χ0n) is 9.62. The van der Waals surface area contributed by atoms with Gasteiger partial charge >= 0.3 is 5.97 Å². The molecular weight excluding hydrogens is 198 g/mol. The third-order valence-corrected chi connectivity index (χ3v) is 2.56. The van der Waals surface area contributed by atoms with Gasteiger partial charge in [0.05, 0.1) is 24.2 Å². The van der Waals surface area contributed by atoms with Crippen molar-refractivity contribution in [3.05, 3.63) is 0 Å². The summed E-state index contributed by atoms with van der Waals surface area (Å²) in [6.07, 6.45) is 0.654. The summed E-state index contributed by atoms with van der Waals surface area (Å²) in [5, 5.41) is 17.8. The number of hydrogen-bond acceptors (Lipinski definition) is 5. The molecule has 5 heteroatoms. The van der Waals surface area contributed by atoms with Crippen LogP contribution >= 0.6 is 0 Å². The predicted molar refractivity (Wildman–Crippen MR) is 56.1 cm³/mol. The van der Waals surface area contributed by atoms with E-state index in [9.17, 15) is 4.79 Å². The molecule has 0 aromatic carbocycles. The minimum absolute atomic E-state index is 0.178. The standard InChI is InChI=1S/C10H21NO4/c1-4-9(2,3)8(14)15-7-10(11,5-12)6-13/h12-13H,4-7,11H2,1-3H3. The van der Waals surface area contributed by atoms with Gasteiger partial charge in [-0.25, -0.2) is 0 Å². The van der Waals surface area contributed by atoms with Gasteiger partial charge in [-0.1, -0.05) is 6.92 Å². The smallest absolute Gasteiger partial charge is 0.311 e. The molecule has 0 heterocycles. The van der Waals surface area contributed by atoms with Gasteiger partial charge < -0.3 is 20.7 Å². The maximum atomic E-state index is 11.5. The first-order chi connectivity index (χ1) is 6.81. The quantitative estimate of drug-likeness (QED) is 0.531. The van der Waals surface area contributed by atoms with Crippen LogP contribution in [0.1, 0.15) is 27.2 Å². The second-order valence-electron chi connectivity index (χ2n) is 4.49. The Kier molecular flexibility index (Phi) is 5.20. The average molecular weight is 219 g/mol. The van der Waals surface area contributed by atoms with Gasteiger partial charge in [-0.05, 0) is 20.3 Å². The molecule has 15 heavy (non-hydrogen) atoms. The molecule has 0 aromatic rings. The Morgan fingerprint density at radius 2 is 1.80 bits per heavy atom. The Labute approximate surface area is 90.2 Å². The van der Waals surface area contributed by atoms with E-state index in [0.717, 1.165) is 0 Å². The lowest BCUT2D eigenvalue weighted by atomic mass is 9.90. The highest BCUT2D eigenvalue weighted by Gasteiger charge is 2.31. The van der Waals surface area contributed by atoms with Crippen molar-refractivity contribution in [3.8, 4) is 0 Å². The fourth-order valence-corrected chi connectivity index (χ4v) is 0.690. The first-order valence-corrected chi connectivity index (χ1v) is 4.99. The SMILES string of the molecule is CCC(C)(C)C(=O)OCC(N)(CO)CO. The Balaban J connectivity index is 4.22. The summed E-state index contributed by atoms with van der Waals surface area (Å²) >= 11 is 0. The molecule has 0 rings (SSSR count). The average Bonchev–Trinajstić information content (AvgIpc) is 2.25. The Bertz CT molecular complexity index is 211. The molecule has 0 aliphatic heterocycles. The van der Waals surface area contributed by atoms with Gasteiger partial charge in [0.2, 0.25) is 0 Å². The first kappa shape index (κ1) is 14.3. The Morgan fingerprint density at radius 3 is 2.13 bits per heavy atom. The summed E-state index contributed by atoms with van der Waals surface area (Å²) in [4.78, 5) is 11.5. The van der Waals surface area contributed by atoms with Crippen molar-refractivity contribution in [2.45, 2.75) is 32.7 Å². The summed E-state index contributed by atoms with van der Waals surface area (Å²) in [5.41, 5.74) is 3.74. The number of esters is 1. The molecule has 0 aliphatic carbocycles. The molecule has 0 amide bonds. The van der Waals surface area contributed by atoms with Crippen molar-refractivity contribution in [1.82, 2.24) is 0 Å². The zero-order chi connectivity index (χ0) is 12.1. The fourth-order valence-electron chi connectivity index (χ4n) is 0.690. The third-order valence-electron chi connectivity index (χ3n) is 2.56. The Hall–Kier alpha value is -0.650.